The summed E-state index contributed by atoms with van der Waals surface area (Å²) < 4.78 is 10.5. The number of methoxy groups -OCH3 is 2. The lowest BCUT2D eigenvalue weighted by molar-refractivity contribution is 0.100. The van der Waals surface area contributed by atoms with Crippen LogP contribution in [0.5, 0.6) is 11.5 Å². The molecule has 5 heteroatoms. The molecule has 0 aliphatic heterocycles. The molecule has 3 aromatic rings. The number of rotatable bonds is 8. The molecular weight excluding hydrogens is 352 g/mol. The largest absolute Gasteiger partial charge is 0.497 e. The minimum atomic E-state index is -0.420. The molecule has 0 spiro atoms. The highest BCUT2D eigenvalue weighted by molar-refractivity contribution is 5.92. The summed E-state index contributed by atoms with van der Waals surface area (Å²) in [6.07, 6.45) is 0. The Kier molecular flexibility index (Phi) is 6.17. The average Bonchev–Trinajstić information content (AvgIpc) is 2.74. The summed E-state index contributed by atoms with van der Waals surface area (Å²) in [6.45, 7) is 1.42. The first-order valence-corrected chi connectivity index (χ1v) is 8.99. The van der Waals surface area contributed by atoms with Crippen LogP contribution in [-0.2, 0) is 13.1 Å². The third kappa shape index (κ3) is 4.82. The maximum absolute atomic E-state index is 11.3. The van der Waals surface area contributed by atoms with E-state index in [1.807, 2.05) is 48.5 Å². The molecule has 0 aromatic heterocycles. The van der Waals surface area contributed by atoms with Crippen LogP contribution in [0.3, 0.4) is 0 Å². The number of anilines is 1. The van der Waals surface area contributed by atoms with Gasteiger partial charge in [0.05, 0.1) is 14.2 Å². The maximum Gasteiger partial charge on any atom is 0.248 e. The van der Waals surface area contributed by atoms with Crippen molar-refractivity contribution >= 4 is 11.6 Å². The van der Waals surface area contributed by atoms with Gasteiger partial charge in [-0.25, -0.2) is 0 Å². The number of ether oxygens (including phenoxy) is 2. The van der Waals surface area contributed by atoms with E-state index in [0.29, 0.717) is 12.1 Å². The Bertz CT molecular complexity index is 904. The summed E-state index contributed by atoms with van der Waals surface area (Å²) in [5.41, 5.74) is 9.19. The van der Waals surface area contributed by atoms with Gasteiger partial charge in [-0.1, -0.05) is 24.3 Å². The highest BCUT2D eigenvalue weighted by atomic mass is 16.5. The average molecular weight is 376 g/mol. The summed E-state index contributed by atoms with van der Waals surface area (Å²) in [4.78, 5) is 13.6. The van der Waals surface area contributed by atoms with Gasteiger partial charge in [0.1, 0.15) is 11.5 Å². The fourth-order valence-corrected chi connectivity index (χ4v) is 2.98. The van der Waals surface area contributed by atoms with Crippen LogP contribution in [0.2, 0.25) is 0 Å². The topological polar surface area (TPSA) is 64.8 Å². The van der Waals surface area contributed by atoms with Crippen molar-refractivity contribution in [1.82, 2.24) is 0 Å². The minimum absolute atomic E-state index is 0.420. The predicted octanol–water partition coefficient (Wildman–Crippen LogP) is 4.01. The maximum atomic E-state index is 11.3. The van der Waals surface area contributed by atoms with Crippen LogP contribution in [-0.4, -0.2) is 20.1 Å². The van der Waals surface area contributed by atoms with Crippen molar-refractivity contribution in [3.8, 4) is 11.5 Å². The van der Waals surface area contributed by atoms with Gasteiger partial charge in [-0.05, 0) is 59.7 Å². The smallest absolute Gasteiger partial charge is 0.248 e. The van der Waals surface area contributed by atoms with Crippen molar-refractivity contribution < 1.29 is 14.3 Å². The molecule has 0 heterocycles. The molecule has 0 unspecified atom stereocenters. The molecule has 0 saturated carbocycles. The van der Waals surface area contributed by atoms with Gasteiger partial charge in [-0.15, -0.1) is 0 Å². The molecule has 2 N–H and O–H groups in total. The summed E-state index contributed by atoms with van der Waals surface area (Å²) in [7, 11) is 3.32. The van der Waals surface area contributed by atoms with E-state index in [4.69, 9.17) is 15.2 Å². The van der Waals surface area contributed by atoms with Crippen LogP contribution in [0.25, 0.3) is 0 Å². The van der Waals surface area contributed by atoms with Crippen LogP contribution in [0.4, 0.5) is 5.69 Å². The van der Waals surface area contributed by atoms with Crippen molar-refractivity contribution in [1.29, 1.82) is 0 Å². The fraction of sp³-hybridized carbons (Fsp3) is 0.174. The number of hydrogen-bond donors (Lipinski definition) is 1. The summed E-state index contributed by atoms with van der Waals surface area (Å²) in [6, 6.07) is 23.4. The lowest BCUT2D eigenvalue weighted by atomic mass is 10.1. The van der Waals surface area contributed by atoms with Crippen LogP contribution in [0.1, 0.15) is 21.5 Å². The van der Waals surface area contributed by atoms with E-state index in [1.54, 1.807) is 26.4 Å². The highest BCUT2D eigenvalue weighted by Crippen LogP contribution is 2.24. The quantitative estimate of drug-likeness (QED) is 0.645. The van der Waals surface area contributed by atoms with Crippen molar-refractivity contribution in [3.63, 3.8) is 0 Å². The highest BCUT2D eigenvalue weighted by Gasteiger charge is 2.10. The van der Waals surface area contributed by atoms with Crippen LogP contribution in [0.15, 0.2) is 72.8 Å². The molecule has 28 heavy (non-hydrogen) atoms. The lowest BCUT2D eigenvalue weighted by Gasteiger charge is -2.25. The second-order valence-corrected chi connectivity index (χ2v) is 6.46. The summed E-state index contributed by atoms with van der Waals surface area (Å²) in [5, 5.41) is 0. The molecule has 0 aliphatic carbocycles. The first kappa shape index (κ1) is 19.3. The minimum Gasteiger partial charge on any atom is -0.497 e. The zero-order valence-corrected chi connectivity index (χ0v) is 16.1. The summed E-state index contributed by atoms with van der Waals surface area (Å²) in [5.74, 6) is 1.23. The third-order valence-corrected chi connectivity index (χ3v) is 4.58. The molecule has 1 amide bonds. The zero-order chi connectivity index (χ0) is 19.9. The Morgan fingerprint density at radius 1 is 0.750 bits per heavy atom. The van der Waals surface area contributed by atoms with E-state index in [9.17, 15) is 4.79 Å². The first-order chi connectivity index (χ1) is 13.6. The van der Waals surface area contributed by atoms with Crippen molar-refractivity contribution in [3.05, 3.63) is 89.5 Å². The number of amides is 1. The monoisotopic (exact) mass is 376 g/mol. The Hall–Kier alpha value is -3.47. The molecule has 0 bridgehead atoms. The number of benzene rings is 3. The fourth-order valence-electron chi connectivity index (χ4n) is 2.98. The van der Waals surface area contributed by atoms with Gasteiger partial charge >= 0.3 is 0 Å². The standard InChI is InChI=1S/C23H24N2O3/c1-27-21-11-5-18(6-12-21)16-25(20-9-13-22(28-2)14-10-20)15-17-3-7-19(8-4-17)23(24)26/h3-14H,15-16H2,1-2H3,(H2,24,26). The van der Waals surface area contributed by atoms with Gasteiger partial charge in [0.25, 0.3) is 0 Å². The van der Waals surface area contributed by atoms with Gasteiger partial charge in [0, 0.05) is 24.3 Å². The molecule has 0 saturated heterocycles. The van der Waals surface area contributed by atoms with Crippen molar-refractivity contribution in [2.75, 3.05) is 19.1 Å². The second-order valence-electron chi connectivity index (χ2n) is 6.46. The molecule has 3 aromatic carbocycles. The van der Waals surface area contributed by atoms with E-state index in [0.717, 1.165) is 29.3 Å². The number of carbonyl (C=O) groups is 1. The second kappa shape index (κ2) is 8.95. The molecule has 0 atom stereocenters. The van der Waals surface area contributed by atoms with Crippen LogP contribution >= 0.6 is 0 Å². The molecule has 0 radical (unpaired) electrons. The third-order valence-electron chi connectivity index (χ3n) is 4.58. The van der Waals surface area contributed by atoms with Gasteiger partial charge in [-0.3, -0.25) is 4.79 Å². The summed E-state index contributed by atoms with van der Waals surface area (Å²) >= 11 is 0. The van der Waals surface area contributed by atoms with Gasteiger partial charge in [-0.2, -0.15) is 0 Å². The first-order valence-electron chi connectivity index (χ1n) is 8.99. The number of primary amides is 1. The van der Waals surface area contributed by atoms with Crippen molar-refractivity contribution in [2.45, 2.75) is 13.1 Å². The van der Waals surface area contributed by atoms with Gasteiger partial charge in [0.15, 0.2) is 0 Å². The normalized spacial score (nSPS) is 10.4. The predicted molar refractivity (Wildman–Crippen MR) is 111 cm³/mol. The van der Waals surface area contributed by atoms with Gasteiger partial charge in [0.2, 0.25) is 5.91 Å². The SMILES string of the molecule is COc1ccc(CN(Cc2ccc(C(N)=O)cc2)c2ccc(OC)cc2)cc1. The number of nitrogens with two attached hydrogens (primary N) is 1. The number of carbonyl (C=O) groups excluding carboxylic acids is 1. The Labute approximate surface area is 165 Å². The Morgan fingerprint density at radius 2 is 1.18 bits per heavy atom. The van der Waals surface area contributed by atoms with Crippen LogP contribution in [0, 0.1) is 0 Å². The number of hydrogen-bond acceptors (Lipinski definition) is 4. The van der Waals surface area contributed by atoms with Crippen LogP contribution < -0.4 is 20.1 Å². The molecular formula is C23H24N2O3. The molecule has 5 nitrogen and oxygen atoms in total. The van der Waals surface area contributed by atoms with Crippen molar-refractivity contribution in [2.24, 2.45) is 5.73 Å². The van der Waals surface area contributed by atoms with Gasteiger partial charge < -0.3 is 20.1 Å². The molecule has 0 aliphatic rings. The van der Waals surface area contributed by atoms with E-state index in [2.05, 4.69) is 17.0 Å². The van der Waals surface area contributed by atoms with E-state index >= 15 is 0 Å². The Balaban J connectivity index is 1.84. The Morgan fingerprint density at radius 3 is 1.61 bits per heavy atom. The van der Waals surface area contributed by atoms with E-state index in [-0.39, 0.29) is 0 Å². The lowest BCUT2D eigenvalue weighted by Crippen LogP contribution is -2.22. The zero-order valence-electron chi connectivity index (χ0n) is 16.1. The van der Waals surface area contributed by atoms with E-state index < -0.39 is 5.91 Å². The molecule has 144 valence electrons. The molecule has 0 fully saturated rings. The van der Waals surface area contributed by atoms with E-state index in [1.165, 1.54) is 5.56 Å². The number of nitrogens with zero attached hydrogens (tertiary/aromatic N) is 1. The molecule has 3 rings (SSSR count).